The van der Waals surface area contributed by atoms with Crippen molar-refractivity contribution in [2.45, 2.75) is 31.4 Å². The second kappa shape index (κ2) is 13.3. The fraction of sp³-hybridized carbons (Fsp3) is 0.281. The minimum atomic E-state index is -1.22. The fourth-order valence-corrected chi connectivity index (χ4v) is 6.19. The SMILES string of the molecule is O=[N+]([O-])c1cc2c(cc1OC[C@@H]1CO[C@@](Cn3ccnc3)(c3ccc(Cl)cc3Cl)O1)CCN(C/C=C/c1ccc(Cl)cc1)C2. The normalized spacial score (nSPS) is 20.2. The Kier molecular flexibility index (Phi) is 9.23. The zero-order chi connectivity index (χ0) is 30.7. The van der Waals surface area contributed by atoms with Gasteiger partial charge in [0.2, 0.25) is 5.79 Å². The van der Waals surface area contributed by atoms with E-state index in [1.54, 1.807) is 49.1 Å². The summed E-state index contributed by atoms with van der Waals surface area (Å²) in [5.41, 5.74) is 3.57. The van der Waals surface area contributed by atoms with Gasteiger partial charge in [0, 0.05) is 53.7 Å². The van der Waals surface area contributed by atoms with E-state index in [4.69, 9.17) is 49.0 Å². The van der Waals surface area contributed by atoms with Gasteiger partial charge in [0.1, 0.15) is 12.7 Å². The van der Waals surface area contributed by atoms with Gasteiger partial charge in [-0.1, -0.05) is 65.2 Å². The van der Waals surface area contributed by atoms with E-state index in [2.05, 4.69) is 16.0 Å². The molecule has 0 radical (unpaired) electrons. The predicted octanol–water partition coefficient (Wildman–Crippen LogP) is 7.17. The summed E-state index contributed by atoms with van der Waals surface area (Å²) in [6.45, 7) is 2.71. The number of aromatic nitrogens is 2. The highest BCUT2D eigenvalue weighted by Crippen LogP contribution is 2.41. The van der Waals surface area contributed by atoms with Crippen LogP contribution in [0.3, 0.4) is 0 Å². The maximum atomic E-state index is 12.1. The zero-order valence-corrected chi connectivity index (χ0v) is 25.8. The lowest BCUT2D eigenvalue weighted by Crippen LogP contribution is -2.34. The highest BCUT2D eigenvalue weighted by Gasteiger charge is 2.45. The summed E-state index contributed by atoms with van der Waals surface area (Å²) >= 11 is 18.7. The van der Waals surface area contributed by atoms with Crippen molar-refractivity contribution in [2.24, 2.45) is 0 Å². The minimum Gasteiger partial charge on any atom is -0.484 e. The Labute approximate surface area is 269 Å². The number of nitro benzene ring substituents is 1. The first kappa shape index (κ1) is 30.6. The lowest BCUT2D eigenvalue weighted by molar-refractivity contribution is -0.386. The first-order valence-corrected chi connectivity index (χ1v) is 15.2. The third kappa shape index (κ3) is 6.94. The molecule has 4 aromatic rings. The van der Waals surface area contributed by atoms with Gasteiger partial charge in [0.25, 0.3) is 0 Å². The summed E-state index contributed by atoms with van der Waals surface area (Å²) < 4.78 is 20.6. The lowest BCUT2D eigenvalue weighted by atomic mass is 9.98. The van der Waals surface area contributed by atoms with Gasteiger partial charge in [0.15, 0.2) is 5.75 Å². The molecule has 9 nitrogen and oxygen atoms in total. The van der Waals surface area contributed by atoms with Crippen LogP contribution in [0.15, 0.2) is 79.4 Å². The monoisotopic (exact) mass is 654 g/mol. The molecule has 0 unspecified atom stereocenters. The molecule has 3 aromatic carbocycles. The van der Waals surface area contributed by atoms with E-state index in [1.807, 2.05) is 34.9 Å². The molecule has 0 amide bonds. The summed E-state index contributed by atoms with van der Waals surface area (Å²) in [4.78, 5) is 18.0. The second-order valence-electron chi connectivity index (χ2n) is 10.8. The Morgan fingerprint density at radius 1 is 1.09 bits per heavy atom. The Morgan fingerprint density at radius 2 is 1.91 bits per heavy atom. The van der Waals surface area contributed by atoms with Gasteiger partial charge in [-0.25, -0.2) is 4.98 Å². The Balaban J connectivity index is 1.14. The standard InChI is InChI=1S/C32H29Cl3N4O5/c33-25-5-3-22(4-6-25)2-1-11-37-12-9-23-15-31(30(39(40)41)14-24(23)17-37)42-18-27-19-43-32(44-27,20-38-13-10-36-21-38)28-8-7-26(34)16-29(28)35/h1-8,10,13-16,21,27H,9,11-12,17-20H2/b2-1+/t27-,32-/m1/s1. The van der Waals surface area contributed by atoms with Gasteiger partial charge < -0.3 is 18.8 Å². The highest BCUT2D eigenvalue weighted by atomic mass is 35.5. The molecule has 0 spiro atoms. The maximum Gasteiger partial charge on any atom is 0.311 e. The van der Waals surface area contributed by atoms with Crippen LogP contribution >= 0.6 is 34.8 Å². The number of fused-ring (bicyclic) bond motifs is 1. The molecule has 44 heavy (non-hydrogen) atoms. The molecule has 2 aliphatic heterocycles. The first-order valence-electron chi connectivity index (χ1n) is 14.1. The van der Waals surface area contributed by atoms with E-state index >= 15 is 0 Å². The van der Waals surface area contributed by atoms with Crippen molar-refractivity contribution in [3.05, 3.63) is 127 Å². The maximum absolute atomic E-state index is 12.1. The zero-order valence-electron chi connectivity index (χ0n) is 23.6. The van der Waals surface area contributed by atoms with Crippen LogP contribution in [0, 0.1) is 10.1 Å². The van der Waals surface area contributed by atoms with Gasteiger partial charge in [0.05, 0.1) is 29.4 Å². The summed E-state index contributed by atoms with van der Waals surface area (Å²) in [6, 6.07) is 16.2. The summed E-state index contributed by atoms with van der Waals surface area (Å²) in [6.07, 6.45) is 9.51. The van der Waals surface area contributed by atoms with E-state index < -0.39 is 16.8 Å². The molecule has 12 heteroatoms. The highest BCUT2D eigenvalue weighted by molar-refractivity contribution is 6.35. The molecule has 3 heterocycles. The number of benzene rings is 3. The van der Waals surface area contributed by atoms with E-state index in [9.17, 15) is 10.1 Å². The largest absolute Gasteiger partial charge is 0.484 e. The average molecular weight is 656 g/mol. The van der Waals surface area contributed by atoms with E-state index in [-0.39, 0.29) is 31.2 Å². The molecule has 1 fully saturated rings. The quantitative estimate of drug-likeness (QED) is 0.132. The number of hydrogen-bond donors (Lipinski definition) is 0. The van der Waals surface area contributed by atoms with Crippen molar-refractivity contribution in [3.63, 3.8) is 0 Å². The molecule has 2 aliphatic rings. The summed E-state index contributed by atoms with van der Waals surface area (Å²) in [5, 5.41) is 13.7. The number of rotatable bonds is 10. The molecular formula is C32H29Cl3N4O5. The minimum absolute atomic E-state index is 0.0537. The number of imidazole rings is 1. The topological polar surface area (TPSA) is 91.9 Å². The Bertz CT molecular complexity index is 1670. The fourth-order valence-electron chi connectivity index (χ4n) is 5.52. The van der Waals surface area contributed by atoms with Crippen LogP contribution in [0.1, 0.15) is 22.3 Å². The molecule has 0 bridgehead atoms. The van der Waals surface area contributed by atoms with E-state index in [1.165, 1.54) is 0 Å². The van der Waals surface area contributed by atoms with Gasteiger partial charge in [-0.3, -0.25) is 15.0 Å². The van der Waals surface area contributed by atoms with Crippen LogP contribution in [0.25, 0.3) is 6.08 Å². The van der Waals surface area contributed by atoms with Crippen molar-refractivity contribution in [3.8, 4) is 5.75 Å². The Morgan fingerprint density at radius 3 is 2.66 bits per heavy atom. The molecule has 6 rings (SSSR count). The number of halogens is 3. The van der Waals surface area contributed by atoms with Gasteiger partial charge >= 0.3 is 5.69 Å². The van der Waals surface area contributed by atoms with Crippen molar-refractivity contribution in [2.75, 3.05) is 26.3 Å². The van der Waals surface area contributed by atoms with Gasteiger partial charge in [-0.05, 0) is 53.4 Å². The molecule has 0 N–H and O–H groups in total. The summed E-state index contributed by atoms with van der Waals surface area (Å²) in [7, 11) is 0. The average Bonchev–Trinajstić information content (AvgIpc) is 3.67. The molecule has 0 aliphatic carbocycles. The first-order chi connectivity index (χ1) is 21.3. The molecular weight excluding hydrogens is 627 g/mol. The number of nitro groups is 1. The van der Waals surface area contributed by atoms with Crippen molar-refractivity contribution >= 4 is 46.6 Å². The van der Waals surface area contributed by atoms with Crippen LogP contribution in [-0.4, -0.2) is 51.8 Å². The number of hydrogen-bond acceptors (Lipinski definition) is 7. The van der Waals surface area contributed by atoms with Crippen LogP contribution in [0.4, 0.5) is 5.69 Å². The van der Waals surface area contributed by atoms with Crippen molar-refractivity contribution in [1.29, 1.82) is 0 Å². The van der Waals surface area contributed by atoms with Crippen molar-refractivity contribution in [1.82, 2.24) is 14.5 Å². The van der Waals surface area contributed by atoms with E-state index in [0.29, 0.717) is 27.2 Å². The third-order valence-corrected chi connectivity index (χ3v) is 8.49. The lowest BCUT2D eigenvalue weighted by Gasteiger charge is -2.30. The van der Waals surface area contributed by atoms with Gasteiger partial charge in [-0.15, -0.1) is 0 Å². The molecule has 2 atom stereocenters. The second-order valence-corrected chi connectivity index (χ2v) is 12.0. The third-order valence-electron chi connectivity index (χ3n) is 7.69. The molecule has 0 saturated carbocycles. The van der Waals surface area contributed by atoms with E-state index in [0.717, 1.165) is 36.2 Å². The number of nitrogens with zero attached hydrogens (tertiary/aromatic N) is 4. The molecule has 1 saturated heterocycles. The molecule has 1 aromatic heterocycles. The van der Waals surface area contributed by atoms with Crippen molar-refractivity contribution < 1.29 is 19.1 Å². The van der Waals surface area contributed by atoms with Crippen LogP contribution < -0.4 is 4.74 Å². The van der Waals surface area contributed by atoms with Crippen LogP contribution in [0.2, 0.25) is 15.1 Å². The van der Waals surface area contributed by atoms with Gasteiger partial charge in [-0.2, -0.15) is 0 Å². The smallest absolute Gasteiger partial charge is 0.311 e. The summed E-state index contributed by atoms with van der Waals surface area (Å²) in [5.74, 6) is -1.01. The predicted molar refractivity (Wildman–Crippen MR) is 169 cm³/mol. The van der Waals surface area contributed by atoms with Crippen LogP contribution in [-0.2, 0) is 34.8 Å². The molecule has 228 valence electrons. The number of ether oxygens (including phenoxy) is 3. The van der Waals surface area contributed by atoms with Crippen LogP contribution in [0.5, 0.6) is 5.75 Å². The Hall–Kier alpha value is -3.44.